The summed E-state index contributed by atoms with van der Waals surface area (Å²) in [5.41, 5.74) is 1.27. The number of thioether (sulfide) groups is 1. The molecule has 0 heterocycles. The van der Waals surface area contributed by atoms with Crippen molar-refractivity contribution in [3.8, 4) is 5.75 Å². The van der Waals surface area contributed by atoms with E-state index in [0.29, 0.717) is 5.56 Å². The number of halogens is 1. The molecule has 0 aliphatic carbocycles. The minimum Gasteiger partial charge on any atom is -0.409 e. The summed E-state index contributed by atoms with van der Waals surface area (Å²) >= 11 is 1.53. The van der Waals surface area contributed by atoms with Gasteiger partial charge in [-0.25, -0.2) is 9.18 Å². The first-order valence-electron chi connectivity index (χ1n) is 6.57. The van der Waals surface area contributed by atoms with Gasteiger partial charge in [-0.05, 0) is 43.0 Å². The zero-order valence-corrected chi connectivity index (χ0v) is 13.0. The molecule has 0 spiro atoms. The van der Waals surface area contributed by atoms with Crippen LogP contribution in [0.5, 0.6) is 5.75 Å². The zero-order chi connectivity index (χ0) is 16.1. The molecule has 0 aromatic heterocycles. The highest BCUT2D eigenvalue weighted by molar-refractivity contribution is 7.98. The summed E-state index contributed by atoms with van der Waals surface area (Å²) in [5.74, 6) is -0.259. The summed E-state index contributed by atoms with van der Waals surface area (Å²) in [4.78, 5) is 12.9. The van der Waals surface area contributed by atoms with Crippen LogP contribution in [0, 0.1) is 12.7 Å². The summed E-state index contributed by atoms with van der Waals surface area (Å²) < 4.78 is 18.7. The van der Waals surface area contributed by atoms with E-state index < -0.39 is 11.9 Å². The second-order valence-electron chi connectivity index (χ2n) is 4.59. The van der Waals surface area contributed by atoms with Gasteiger partial charge in [0.25, 0.3) is 0 Å². The number of benzene rings is 2. The molecule has 2 aromatic rings. The fourth-order valence-corrected chi connectivity index (χ4v) is 2.54. The van der Waals surface area contributed by atoms with Crippen molar-refractivity contribution >= 4 is 23.5 Å². The van der Waals surface area contributed by atoms with Gasteiger partial charge in [-0.2, -0.15) is 0 Å². The summed E-state index contributed by atoms with van der Waals surface area (Å²) in [6.07, 6.45) is 1.11. The topological polar surface area (TPSA) is 58.6 Å². The summed E-state index contributed by atoms with van der Waals surface area (Å²) in [5, 5.41) is 11.8. The van der Waals surface area contributed by atoms with Crippen LogP contribution >= 0.6 is 11.8 Å². The number of hydrogen-bond acceptors (Lipinski definition) is 4. The van der Waals surface area contributed by atoms with Gasteiger partial charge in [0.05, 0.1) is 12.3 Å². The Morgan fingerprint density at radius 3 is 2.73 bits per heavy atom. The number of aliphatic hydroxyl groups is 1. The molecule has 0 aliphatic heterocycles. The van der Waals surface area contributed by atoms with E-state index in [9.17, 15) is 14.3 Å². The van der Waals surface area contributed by atoms with Crippen molar-refractivity contribution < 1.29 is 19.0 Å². The molecule has 22 heavy (non-hydrogen) atoms. The largest absolute Gasteiger partial charge is 0.417 e. The lowest BCUT2D eigenvalue weighted by atomic mass is 10.1. The molecule has 6 heteroatoms. The van der Waals surface area contributed by atoms with Gasteiger partial charge in [-0.1, -0.05) is 12.1 Å². The number of carbonyl (C=O) groups excluding carboxylic acids is 1. The molecule has 2 rings (SSSR count). The van der Waals surface area contributed by atoms with Crippen molar-refractivity contribution in [2.24, 2.45) is 0 Å². The first kappa shape index (κ1) is 16.3. The number of carbonyl (C=O) groups is 1. The van der Waals surface area contributed by atoms with E-state index in [0.717, 1.165) is 10.5 Å². The molecule has 0 aliphatic rings. The van der Waals surface area contributed by atoms with Gasteiger partial charge in [0.1, 0.15) is 11.6 Å². The minimum absolute atomic E-state index is 0.0384. The monoisotopic (exact) mass is 321 g/mol. The van der Waals surface area contributed by atoms with Crippen LogP contribution in [0.2, 0.25) is 0 Å². The van der Waals surface area contributed by atoms with Gasteiger partial charge in [0.15, 0.2) is 0 Å². The van der Waals surface area contributed by atoms with Crippen molar-refractivity contribution in [3.63, 3.8) is 0 Å². The molecule has 0 unspecified atom stereocenters. The number of ether oxygens (including phenoxy) is 1. The first-order chi connectivity index (χ1) is 10.5. The van der Waals surface area contributed by atoms with E-state index in [4.69, 9.17) is 4.74 Å². The van der Waals surface area contributed by atoms with Crippen LogP contribution in [0.4, 0.5) is 14.9 Å². The molecular weight excluding hydrogens is 305 g/mol. The smallest absolute Gasteiger partial charge is 0.409 e. The first-order valence-corrected chi connectivity index (χ1v) is 7.79. The van der Waals surface area contributed by atoms with Crippen molar-refractivity contribution in [2.45, 2.75) is 18.4 Å². The second-order valence-corrected chi connectivity index (χ2v) is 5.46. The number of amides is 1. The molecule has 1 amide bonds. The van der Waals surface area contributed by atoms with Gasteiger partial charge < -0.3 is 9.84 Å². The molecule has 0 saturated carbocycles. The normalized spacial score (nSPS) is 10.4. The van der Waals surface area contributed by atoms with Gasteiger partial charge in [0.2, 0.25) is 0 Å². The van der Waals surface area contributed by atoms with Gasteiger partial charge in [-0.3, -0.25) is 5.32 Å². The third kappa shape index (κ3) is 3.78. The molecule has 0 fully saturated rings. The maximum Gasteiger partial charge on any atom is 0.417 e. The lowest BCUT2D eigenvalue weighted by Crippen LogP contribution is -2.19. The van der Waals surface area contributed by atoms with Crippen LogP contribution in [0.3, 0.4) is 0 Å². The van der Waals surface area contributed by atoms with Gasteiger partial charge >= 0.3 is 6.09 Å². The standard InChI is InChI=1S/C16H16FNO3S/c1-10-7-12(22-2)8-11(9-19)15(10)21-16(20)18-14-6-4-3-5-13(14)17/h3-8,19H,9H2,1-2H3,(H,18,20). The maximum atomic E-state index is 13.5. The molecule has 0 atom stereocenters. The number of aliphatic hydroxyl groups excluding tert-OH is 1. The van der Waals surface area contributed by atoms with Crippen molar-refractivity contribution in [1.82, 2.24) is 0 Å². The Balaban J connectivity index is 2.20. The molecule has 116 valence electrons. The third-order valence-electron chi connectivity index (χ3n) is 3.04. The molecule has 0 bridgehead atoms. The highest BCUT2D eigenvalue weighted by Gasteiger charge is 2.14. The summed E-state index contributed by atoms with van der Waals surface area (Å²) in [7, 11) is 0. The van der Waals surface area contributed by atoms with E-state index in [1.54, 1.807) is 19.1 Å². The molecule has 0 radical (unpaired) electrons. The Hall–Kier alpha value is -2.05. The predicted octanol–water partition coefficient (Wildman–Crippen LogP) is 3.96. The second kappa shape index (κ2) is 7.29. The number of hydrogen-bond donors (Lipinski definition) is 2. The fraction of sp³-hybridized carbons (Fsp3) is 0.188. The Morgan fingerprint density at radius 1 is 1.36 bits per heavy atom. The molecule has 2 N–H and O–H groups in total. The number of para-hydroxylation sites is 1. The highest BCUT2D eigenvalue weighted by atomic mass is 32.2. The lowest BCUT2D eigenvalue weighted by Gasteiger charge is -2.14. The Labute approximate surface area is 132 Å². The van der Waals surface area contributed by atoms with Crippen molar-refractivity contribution in [1.29, 1.82) is 0 Å². The van der Waals surface area contributed by atoms with Crippen LogP contribution in [0.1, 0.15) is 11.1 Å². The quantitative estimate of drug-likeness (QED) is 0.837. The van der Waals surface area contributed by atoms with Gasteiger partial charge in [0, 0.05) is 10.5 Å². The van der Waals surface area contributed by atoms with Crippen LogP contribution in [-0.4, -0.2) is 17.5 Å². The predicted molar refractivity (Wildman–Crippen MR) is 84.9 cm³/mol. The summed E-state index contributed by atoms with van der Waals surface area (Å²) in [6, 6.07) is 9.43. The van der Waals surface area contributed by atoms with Crippen LogP contribution in [0.25, 0.3) is 0 Å². The Bertz CT molecular complexity index is 691. The average molecular weight is 321 g/mol. The Morgan fingerprint density at radius 2 is 2.09 bits per heavy atom. The van der Waals surface area contributed by atoms with E-state index >= 15 is 0 Å². The number of nitrogens with one attached hydrogen (secondary N) is 1. The van der Waals surface area contributed by atoms with Crippen LogP contribution in [-0.2, 0) is 6.61 Å². The number of anilines is 1. The van der Waals surface area contributed by atoms with Crippen LogP contribution < -0.4 is 10.1 Å². The molecule has 2 aromatic carbocycles. The summed E-state index contributed by atoms with van der Waals surface area (Å²) in [6.45, 7) is 1.53. The fourth-order valence-electron chi connectivity index (χ4n) is 1.98. The van der Waals surface area contributed by atoms with Crippen molar-refractivity contribution in [3.05, 3.63) is 53.3 Å². The number of aryl methyl sites for hydroxylation is 1. The molecule has 0 saturated heterocycles. The van der Waals surface area contributed by atoms with E-state index in [-0.39, 0.29) is 18.0 Å². The SMILES string of the molecule is CSc1cc(C)c(OC(=O)Nc2ccccc2F)c(CO)c1. The molecule has 4 nitrogen and oxygen atoms in total. The maximum absolute atomic E-state index is 13.5. The third-order valence-corrected chi connectivity index (χ3v) is 3.74. The number of rotatable bonds is 4. The van der Waals surface area contributed by atoms with E-state index in [1.807, 2.05) is 12.3 Å². The Kier molecular flexibility index (Phi) is 5.41. The van der Waals surface area contributed by atoms with Crippen molar-refractivity contribution in [2.75, 3.05) is 11.6 Å². The van der Waals surface area contributed by atoms with E-state index in [2.05, 4.69) is 5.32 Å². The molecular formula is C16H16FNO3S. The minimum atomic E-state index is -0.806. The van der Waals surface area contributed by atoms with E-state index in [1.165, 1.54) is 30.0 Å². The highest BCUT2D eigenvalue weighted by Crippen LogP contribution is 2.29. The average Bonchev–Trinajstić information content (AvgIpc) is 2.51. The van der Waals surface area contributed by atoms with Gasteiger partial charge in [-0.15, -0.1) is 11.8 Å². The lowest BCUT2D eigenvalue weighted by molar-refractivity contribution is 0.212. The zero-order valence-electron chi connectivity index (χ0n) is 12.2. The van der Waals surface area contributed by atoms with Crippen LogP contribution in [0.15, 0.2) is 41.3 Å².